The number of hydrogen-bond acceptors (Lipinski definition) is 5. The number of sulfonamides is 1. The average Bonchev–Trinajstić information content (AvgIpc) is 2.69. The minimum Gasteiger partial charge on any atom is -0.368 e. The first-order chi connectivity index (χ1) is 13.7. The molecule has 0 unspecified atom stereocenters. The minimum atomic E-state index is -3.81. The van der Waals surface area contributed by atoms with E-state index in [1.165, 1.54) is 40.3 Å². The van der Waals surface area contributed by atoms with Crippen LogP contribution in [0.25, 0.3) is 0 Å². The molecule has 0 aromatic heterocycles. The summed E-state index contributed by atoms with van der Waals surface area (Å²) in [5, 5.41) is 7.54. The van der Waals surface area contributed by atoms with Crippen molar-refractivity contribution in [3.8, 4) is 0 Å². The first-order valence-corrected chi connectivity index (χ1v) is 10.8. The second-order valence-electron chi connectivity index (χ2n) is 7.02. The highest BCUT2D eigenvalue weighted by Crippen LogP contribution is 2.24. The fraction of sp³-hybridized carbons (Fsp3) is 0.300. The molecule has 2 amide bonds. The molecule has 0 bridgehead atoms. The molecule has 0 atom stereocenters. The fourth-order valence-electron chi connectivity index (χ4n) is 3.28. The molecule has 9 heteroatoms. The Morgan fingerprint density at radius 2 is 1.59 bits per heavy atom. The van der Waals surface area contributed by atoms with E-state index in [1.807, 2.05) is 6.07 Å². The zero-order valence-electron chi connectivity index (χ0n) is 16.4. The standard InChI is InChI=1S/C20H24N4O4S/c1-14-4-3-5-18(15(14)2)23-10-12-24(13-11-23)20(26)19(25)22-16-6-8-17(9-7-16)29(21,27)28/h3-9H,10-13H2,1-2H3,(H,22,25)(H2,21,27,28). The highest BCUT2D eigenvalue weighted by atomic mass is 32.2. The Morgan fingerprint density at radius 1 is 0.966 bits per heavy atom. The van der Waals surface area contributed by atoms with Crippen LogP contribution in [0.5, 0.6) is 0 Å². The third kappa shape index (κ3) is 4.75. The molecule has 29 heavy (non-hydrogen) atoms. The van der Waals surface area contributed by atoms with Crippen LogP contribution in [0.15, 0.2) is 47.4 Å². The Morgan fingerprint density at radius 3 is 2.17 bits per heavy atom. The summed E-state index contributed by atoms with van der Waals surface area (Å²) in [6, 6.07) is 11.5. The molecule has 8 nitrogen and oxygen atoms in total. The zero-order chi connectivity index (χ0) is 21.2. The Bertz CT molecular complexity index is 1030. The van der Waals surface area contributed by atoms with Gasteiger partial charge >= 0.3 is 11.8 Å². The largest absolute Gasteiger partial charge is 0.368 e. The van der Waals surface area contributed by atoms with Gasteiger partial charge in [-0.25, -0.2) is 13.6 Å². The normalized spacial score (nSPS) is 14.6. The van der Waals surface area contributed by atoms with E-state index in [-0.39, 0.29) is 4.90 Å². The van der Waals surface area contributed by atoms with Crippen LogP contribution in [0.1, 0.15) is 11.1 Å². The van der Waals surface area contributed by atoms with Gasteiger partial charge in [0, 0.05) is 37.6 Å². The van der Waals surface area contributed by atoms with Crippen molar-refractivity contribution in [2.24, 2.45) is 5.14 Å². The van der Waals surface area contributed by atoms with Crippen LogP contribution in [0.3, 0.4) is 0 Å². The molecule has 2 aromatic rings. The van der Waals surface area contributed by atoms with E-state index in [9.17, 15) is 18.0 Å². The molecule has 0 radical (unpaired) electrons. The predicted octanol–water partition coefficient (Wildman–Crippen LogP) is 1.24. The van der Waals surface area contributed by atoms with Crippen molar-refractivity contribution in [1.29, 1.82) is 0 Å². The molecule has 3 rings (SSSR count). The van der Waals surface area contributed by atoms with Crippen LogP contribution in [-0.2, 0) is 19.6 Å². The Kier molecular flexibility index (Phi) is 5.90. The number of nitrogens with zero attached hydrogens (tertiary/aromatic N) is 2. The van der Waals surface area contributed by atoms with E-state index >= 15 is 0 Å². The third-order valence-electron chi connectivity index (χ3n) is 5.12. The number of amides is 2. The van der Waals surface area contributed by atoms with Gasteiger partial charge in [-0.2, -0.15) is 0 Å². The molecule has 1 aliphatic rings. The first-order valence-electron chi connectivity index (χ1n) is 9.21. The number of hydrogen-bond donors (Lipinski definition) is 2. The summed E-state index contributed by atoms with van der Waals surface area (Å²) >= 11 is 0. The molecular formula is C20H24N4O4S. The number of piperazine rings is 1. The van der Waals surface area contributed by atoms with Gasteiger partial charge in [-0.1, -0.05) is 12.1 Å². The van der Waals surface area contributed by atoms with Gasteiger partial charge in [0.1, 0.15) is 0 Å². The number of nitrogens with one attached hydrogen (secondary N) is 1. The number of rotatable bonds is 3. The Balaban J connectivity index is 1.59. The van der Waals surface area contributed by atoms with Crippen LogP contribution in [0.4, 0.5) is 11.4 Å². The molecule has 154 valence electrons. The summed E-state index contributed by atoms with van der Waals surface area (Å²) in [6.45, 7) is 6.34. The summed E-state index contributed by atoms with van der Waals surface area (Å²) in [6.07, 6.45) is 0. The molecule has 0 saturated carbocycles. The van der Waals surface area contributed by atoms with Crippen LogP contribution >= 0.6 is 0 Å². The first kappa shape index (κ1) is 20.8. The van der Waals surface area contributed by atoms with E-state index in [0.717, 1.165) is 5.69 Å². The van der Waals surface area contributed by atoms with Crippen molar-refractivity contribution in [3.63, 3.8) is 0 Å². The molecule has 1 saturated heterocycles. The number of benzene rings is 2. The van der Waals surface area contributed by atoms with Crippen LogP contribution in [0.2, 0.25) is 0 Å². The van der Waals surface area contributed by atoms with Crippen molar-refractivity contribution < 1.29 is 18.0 Å². The highest BCUT2D eigenvalue weighted by molar-refractivity contribution is 7.89. The second kappa shape index (κ2) is 8.22. The van der Waals surface area contributed by atoms with Crippen LogP contribution < -0.4 is 15.4 Å². The SMILES string of the molecule is Cc1cccc(N2CCN(C(=O)C(=O)Nc3ccc(S(N)(=O)=O)cc3)CC2)c1C. The quantitative estimate of drug-likeness (QED) is 0.731. The number of carbonyl (C=O) groups excluding carboxylic acids is 2. The summed E-state index contributed by atoms with van der Waals surface area (Å²) < 4.78 is 22.6. The lowest BCUT2D eigenvalue weighted by Gasteiger charge is -2.36. The number of aryl methyl sites for hydroxylation is 1. The summed E-state index contributed by atoms with van der Waals surface area (Å²) in [5.41, 5.74) is 3.91. The van der Waals surface area contributed by atoms with Crippen molar-refractivity contribution in [2.45, 2.75) is 18.7 Å². The van der Waals surface area contributed by atoms with Crippen LogP contribution in [0, 0.1) is 13.8 Å². The maximum Gasteiger partial charge on any atom is 0.313 e. The smallest absolute Gasteiger partial charge is 0.313 e. The van der Waals surface area contributed by atoms with Gasteiger partial charge in [0.05, 0.1) is 4.90 Å². The fourth-order valence-corrected chi connectivity index (χ4v) is 3.80. The Hall–Kier alpha value is -2.91. The number of carbonyl (C=O) groups is 2. The van der Waals surface area contributed by atoms with Gasteiger partial charge < -0.3 is 15.1 Å². The van der Waals surface area contributed by atoms with Crippen molar-refractivity contribution in [3.05, 3.63) is 53.6 Å². The van der Waals surface area contributed by atoms with Gasteiger partial charge in [-0.15, -0.1) is 0 Å². The van der Waals surface area contributed by atoms with E-state index in [4.69, 9.17) is 5.14 Å². The molecule has 1 heterocycles. The topological polar surface area (TPSA) is 113 Å². The molecule has 3 N–H and O–H groups in total. The molecular weight excluding hydrogens is 392 g/mol. The van der Waals surface area contributed by atoms with Crippen molar-refractivity contribution in [2.75, 3.05) is 36.4 Å². The molecule has 2 aromatic carbocycles. The minimum absolute atomic E-state index is 0.0654. The predicted molar refractivity (Wildman–Crippen MR) is 111 cm³/mol. The van der Waals surface area contributed by atoms with Crippen LogP contribution in [-0.4, -0.2) is 51.3 Å². The lowest BCUT2D eigenvalue weighted by Crippen LogP contribution is -2.51. The molecule has 1 aliphatic heterocycles. The van der Waals surface area contributed by atoms with Gasteiger partial charge in [-0.3, -0.25) is 9.59 Å². The van der Waals surface area contributed by atoms with Crippen molar-refractivity contribution in [1.82, 2.24) is 4.90 Å². The lowest BCUT2D eigenvalue weighted by atomic mass is 10.1. The van der Waals surface area contributed by atoms with E-state index in [2.05, 4.69) is 36.2 Å². The van der Waals surface area contributed by atoms with E-state index in [0.29, 0.717) is 31.9 Å². The second-order valence-corrected chi connectivity index (χ2v) is 8.58. The Labute approximate surface area is 170 Å². The molecule has 0 aliphatic carbocycles. The monoisotopic (exact) mass is 416 g/mol. The van der Waals surface area contributed by atoms with E-state index in [1.54, 1.807) is 0 Å². The van der Waals surface area contributed by atoms with Gasteiger partial charge in [0.2, 0.25) is 10.0 Å². The van der Waals surface area contributed by atoms with Gasteiger partial charge in [0.15, 0.2) is 0 Å². The summed E-state index contributed by atoms with van der Waals surface area (Å²) in [4.78, 5) is 28.4. The van der Waals surface area contributed by atoms with Crippen molar-refractivity contribution >= 4 is 33.2 Å². The van der Waals surface area contributed by atoms with E-state index < -0.39 is 21.8 Å². The average molecular weight is 417 g/mol. The highest BCUT2D eigenvalue weighted by Gasteiger charge is 2.26. The number of anilines is 2. The maximum absolute atomic E-state index is 12.5. The summed E-state index contributed by atoms with van der Waals surface area (Å²) in [5.74, 6) is -1.37. The maximum atomic E-state index is 12.5. The van der Waals surface area contributed by atoms with Gasteiger partial charge in [0.25, 0.3) is 0 Å². The van der Waals surface area contributed by atoms with Gasteiger partial charge in [-0.05, 0) is 55.3 Å². The number of primary sulfonamides is 1. The molecule has 0 spiro atoms. The lowest BCUT2D eigenvalue weighted by molar-refractivity contribution is -0.143. The third-order valence-corrected chi connectivity index (χ3v) is 6.05. The summed E-state index contributed by atoms with van der Waals surface area (Å²) in [7, 11) is -3.81. The number of nitrogens with two attached hydrogens (primary N) is 1. The molecule has 1 fully saturated rings. The zero-order valence-corrected chi connectivity index (χ0v) is 17.2.